The monoisotopic (exact) mass is 446 g/mol. The van der Waals surface area contributed by atoms with E-state index < -0.39 is 35.7 Å². The molecule has 32 heavy (non-hydrogen) atoms. The van der Waals surface area contributed by atoms with Gasteiger partial charge in [-0.1, -0.05) is 30.3 Å². The zero-order chi connectivity index (χ0) is 23.9. The van der Waals surface area contributed by atoms with Gasteiger partial charge < -0.3 is 18.9 Å². The van der Waals surface area contributed by atoms with Crippen LogP contribution in [-0.2, 0) is 28.5 Å². The Morgan fingerprint density at radius 2 is 1.59 bits per heavy atom. The van der Waals surface area contributed by atoms with Gasteiger partial charge in [0.2, 0.25) is 5.90 Å². The molecule has 1 aromatic rings. The number of hydrogen-bond donors (Lipinski definition) is 0. The van der Waals surface area contributed by atoms with Gasteiger partial charge in [-0.15, -0.1) is 5.10 Å². The van der Waals surface area contributed by atoms with Gasteiger partial charge in [0.15, 0.2) is 0 Å². The van der Waals surface area contributed by atoms with Crippen LogP contribution in [0.15, 0.2) is 41.1 Å². The molecule has 0 aliphatic carbocycles. The van der Waals surface area contributed by atoms with Crippen molar-refractivity contribution in [1.29, 1.82) is 0 Å². The van der Waals surface area contributed by atoms with E-state index in [2.05, 4.69) is 5.10 Å². The number of benzene rings is 1. The Balaban J connectivity index is 2.81. The zero-order valence-corrected chi connectivity index (χ0v) is 19.3. The van der Waals surface area contributed by atoms with Crippen molar-refractivity contribution in [3.8, 4) is 0 Å². The molecule has 0 spiro atoms. The van der Waals surface area contributed by atoms with Crippen molar-refractivity contribution in [2.75, 3.05) is 13.2 Å². The van der Waals surface area contributed by atoms with Gasteiger partial charge in [-0.05, 0) is 53.2 Å². The lowest BCUT2D eigenvalue weighted by Gasteiger charge is -2.29. The maximum absolute atomic E-state index is 13.5. The summed E-state index contributed by atoms with van der Waals surface area (Å²) < 4.78 is 21.6. The van der Waals surface area contributed by atoms with Crippen LogP contribution in [0.2, 0.25) is 0 Å². The highest BCUT2D eigenvalue weighted by atomic mass is 16.6. The molecule has 1 unspecified atom stereocenters. The minimum absolute atomic E-state index is 0.00992. The SMILES string of the molecule is CCOC(=O)C1(C(=O)OC(C)C)C(OCC)=NN(C(=O)OC(C)C)/C1=C\c1ccccc1. The normalized spacial score (nSPS) is 19.2. The Bertz CT molecular complexity index is 893. The van der Waals surface area contributed by atoms with E-state index in [1.165, 1.54) is 6.08 Å². The number of amides is 1. The number of carbonyl (C=O) groups is 3. The van der Waals surface area contributed by atoms with Gasteiger partial charge in [-0.3, -0.25) is 0 Å². The number of carbonyl (C=O) groups excluding carboxylic acids is 3. The predicted molar refractivity (Wildman–Crippen MR) is 117 cm³/mol. The molecule has 0 saturated carbocycles. The fraction of sp³-hybridized carbons (Fsp3) is 0.478. The summed E-state index contributed by atoms with van der Waals surface area (Å²) in [5, 5.41) is 5.03. The Morgan fingerprint density at radius 1 is 0.969 bits per heavy atom. The molecule has 1 aliphatic rings. The van der Waals surface area contributed by atoms with E-state index in [0.29, 0.717) is 5.56 Å². The quantitative estimate of drug-likeness (QED) is 0.357. The summed E-state index contributed by atoms with van der Waals surface area (Å²) in [4.78, 5) is 39.7. The average Bonchev–Trinajstić information content (AvgIpc) is 3.03. The fourth-order valence-corrected chi connectivity index (χ4v) is 3.04. The molecule has 0 aromatic heterocycles. The van der Waals surface area contributed by atoms with Gasteiger partial charge >= 0.3 is 18.0 Å². The van der Waals surface area contributed by atoms with E-state index in [4.69, 9.17) is 18.9 Å². The van der Waals surface area contributed by atoms with Crippen LogP contribution >= 0.6 is 0 Å². The molecule has 0 fully saturated rings. The summed E-state index contributed by atoms with van der Waals surface area (Å²) in [7, 11) is 0. The van der Waals surface area contributed by atoms with Gasteiger partial charge in [0.1, 0.15) is 0 Å². The van der Waals surface area contributed by atoms with E-state index in [0.717, 1.165) is 5.01 Å². The van der Waals surface area contributed by atoms with Crippen molar-refractivity contribution in [3.63, 3.8) is 0 Å². The first-order chi connectivity index (χ1) is 15.2. The molecule has 2 rings (SSSR count). The van der Waals surface area contributed by atoms with E-state index in [9.17, 15) is 14.4 Å². The Hall–Kier alpha value is -3.36. The van der Waals surface area contributed by atoms with Gasteiger partial charge in [0, 0.05) is 0 Å². The second kappa shape index (κ2) is 10.8. The smallest absolute Gasteiger partial charge is 0.435 e. The second-order valence-corrected chi connectivity index (χ2v) is 7.45. The third-order valence-electron chi connectivity index (χ3n) is 4.25. The first-order valence-corrected chi connectivity index (χ1v) is 10.6. The van der Waals surface area contributed by atoms with E-state index in [1.807, 2.05) is 6.07 Å². The van der Waals surface area contributed by atoms with Gasteiger partial charge in [-0.25, -0.2) is 14.4 Å². The Kier molecular flexibility index (Phi) is 8.40. The molecular weight excluding hydrogens is 416 g/mol. The minimum Gasteiger partial charge on any atom is -0.478 e. The van der Waals surface area contributed by atoms with E-state index in [-0.39, 0.29) is 24.8 Å². The van der Waals surface area contributed by atoms with Gasteiger partial charge in [0.05, 0.1) is 31.1 Å². The highest BCUT2D eigenvalue weighted by molar-refractivity contribution is 6.25. The summed E-state index contributed by atoms with van der Waals surface area (Å²) >= 11 is 0. The van der Waals surface area contributed by atoms with Crippen LogP contribution in [-0.4, -0.2) is 54.4 Å². The van der Waals surface area contributed by atoms with E-state index in [1.54, 1.807) is 65.8 Å². The third-order valence-corrected chi connectivity index (χ3v) is 4.25. The van der Waals surface area contributed by atoms with Crippen molar-refractivity contribution in [2.45, 2.75) is 53.8 Å². The predicted octanol–water partition coefficient (Wildman–Crippen LogP) is 3.74. The lowest BCUT2D eigenvalue weighted by Crippen LogP contribution is -2.50. The molecular formula is C23H30N2O7. The number of hydrogen-bond acceptors (Lipinski definition) is 8. The van der Waals surface area contributed by atoms with Crippen LogP contribution in [0.1, 0.15) is 47.1 Å². The largest absolute Gasteiger partial charge is 0.478 e. The first kappa shape index (κ1) is 24.9. The lowest BCUT2D eigenvalue weighted by atomic mass is 9.83. The van der Waals surface area contributed by atoms with Crippen LogP contribution in [0.4, 0.5) is 4.79 Å². The molecule has 1 aliphatic heterocycles. The number of esters is 2. The van der Waals surface area contributed by atoms with Crippen LogP contribution in [0, 0.1) is 5.41 Å². The van der Waals surface area contributed by atoms with Gasteiger partial charge in [-0.2, -0.15) is 5.01 Å². The molecule has 1 atom stereocenters. The lowest BCUT2D eigenvalue weighted by molar-refractivity contribution is -0.167. The maximum Gasteiger partial charge on any atom is 0.435 e. The highest BCUT2D eigenvalue weighted by Gasteiger charge is 2.65. The number of ether oxygens (including phenoxy) is 4. The van der Waals surface area contributed by atoms with Crippen LogP contribution in [0.3, 0.4) is 0 Å². The third kappa shape index (κ3) is 5.09. The topological polar surface area (TPSA) is 104 Å². The molecule has 0 saturated heterocycles. The first-order valence-electron chi connectivity index (χ1n) is 10.6. The molecule has 0 radical (unpaired) electrons. The molecule has 1 heterocycles. The van der Waals surface area contributed by atoms with Crippen molar-refractivity contribution in [3.05, 3.63) is 41.6 Å². The van der Waals surface area contributed by atoms with Crippen molar-refractivity contribution in [2.24, 2.45) is 10.5 Å². The summed E-state index contributed by atoms with van der Waals surface area (Å²) in [5.41, 5.74) is -1.71. The van der Waals surface area contributed by atoms with Crippen molar-refractivity contribution in [1.82, 2.24) is 5.01 Å². The van der Waals surface area contributed by atoms with Crippen LogP contribution in [0.25, 0.3) is 6.08 Å². The van der Waals surface area contributed by atoms with Crippen molar-refractivity contribution < 1.29 is 33.3 Å². The molecule has 1 amide bonds. The molecule has 0 N–H and O–H groups in total. The fourth-order valence-electron chi connectivity index (χ4n) is 3.04. The summed E-state index contributed by atoms with van der Waals surface area (Å²) in [6.45, 7) is 9.99. The number of nitrogens with zero attached hydrogens (tertiary/aromatic N) is 2. The van der Waals surface area contributed by atoms with Crippen molar-refractivity contribution >= 4 is 30.0 Å². The van der Waals surface area contributed by atoms with E-state index >= 15 is 0 Å². The van der Waals surface area contributed by atoms with Crippen LogP contribution < -0.4 is 0 Å². The Labute approximate surface area is 188 Å². The average molecular weight is 447 g/mol. The highest BCUT2D eigenvalue weighted by Crippen LogP contribution is 2.43. The van der Waals surface area contributed by atoms with Gasteiger partial charge in [0.25, 0.3) is 5.41 Å². The summed E-state index contributed by atoms with van der Waals surface area (Å²) in [6.07, 6.45) is -0.393. The molecule has 0 bridgehead atoms. The summed E-state index contributed by atoms with van der Waals surface area (Å²) in [6, 6.07) is 8.87. The minimum atomic E-state index is -2.23. The number of rotatable bonds is 7. The Morgan fingerprint density at radius 3 is 2.12 bits per heavy atom. The molecule has 9 nitrogen and oxygen atoms in total. The molecule has 174 valence electrons. The summed E-state index contributed by atoms with van der Waals surface area (Å²) in [5.74, 6) is -2.23. The second-order valence-electron chi connectivity index (χ2n) is 7.45. The number of hydrazone groups is 1. The maximum atomic E-state index is 13.5. The molecule has 1 aromatic carbocycles. The standard InChI is InChI=1S/C23H30N2O7/c1-7-29-19-23(20(26)30-8-2,21(27)31-15(3)4)18(14-17-12-10-9-11-13-17)25(24-19)22(28)32-16(5)6/h9-16H,7-8H2,1-6H3/b18-14-. The zero-order valence-electron chi connectivity index (χ0n) is 19.3. The van der Waals surface area contributed by atoms with Crippen LogP contribution in [0.5, 0.6) is 0 Å². The molecule has 9 heteroatoms.